The number of nitrogens with one attached hydrogen (secondary N) is 3. The summed E-state index contributed by atoms with van der Waals surface area (Å²) in [5, 5.41) is 10.6. The van der Waals surface area contributed by atoms with Gasteiger partial charge in [0.15, 0.2) is 5.96 Å². The first-order valence-electron chi connectivity index (χ1n) is 11.1. The molecule has 1 heterocycles. The van der Waals surface area contributed by atoms with Crippen LogP contribution in [0.4, 0.5) is 5.69 Å². The number of hydrogen-bond donors (Lipinski definition) is 3. The van der Waals surface area contributed by atoms with Crippen LogP contribution in [0, 0.1) is 11.8 Å². The summed E-state index contributed by atoms with van der Waals surface area (Å²) in [6.45, 7) is 6.87. The molecule has 2 aliphatic rings. The maximum atomic E-state index is 12.7. The lowest BCUT2D eigenvalue weighted by molar-refractivity contribution is -0.134. The Bertz CT molecular complexity index is 675. The number of para-hydroxylation sites is 1. The summed E-state index contributed by atoms with van der Waals surface area (Å²) in [7, 11) is 1.81. The summed E-state index contributed by atoms with van der Waals surface area (Å²) in [5.74, 6) is 1.92. The molecule has 3 N–H and O–H groups in total. The van der Waals surface area contributed by atoms with Gasteiger partial charge in [-0.05, 0) is 37.3 Å². The van der Waals surface area contributed by atoms with Crippen LogP contribution >= 0.6 is 24.0 Å². The summed E-state index contributed by atoms with van der Waals surface area (Å²) in [4.78, 5) is 19.1. The van der Waals surface area contributed by atoms with Gasteiger partial charge in [-0.2, -0.15) is 0 Å². The molecule has 0 radical (unpaired) electrons. The summed E-state index contributed by atoms with van der Waals surface area (Å²) < 4.78 is 0. The molecule has 0 aromatic heterocycles. The Labute approximate surface area is 198 Å². The van der Waals surface area contributed by atoms with Crippen LogP contribution in [0.1, 0.15) is 46.0 Å². The number of amides is 1. The number of hydrogen-bond acceptors (Lipinski definition) is 3. The monoisotopic (exact) mass is 527 g/mol. The van der Waals surface area contributed by atoms with E-state index in [4.69, 9.17) is 0 Å². The number of guanidine groups is 1. The van der Waals surface area contributed by atoms with Crippen LogP contribution in [-0.2, 0) is 4.79 Å². The van der Waals surface area contributed by atoms with E-state index in [2.05, 4.69) is 51.8 Å². The summed E-state index contributed by atoms with van der Waals surface area (Å²) in [6, 6.07) is 10.9. The van der Waals surface area contributed by atoms with Gasteiger partial charge in [-0.1, -0.05) is 44.9 Å². The average molecular weight is 527 g/mol. The lowest BCUT2D eigenvalue weighted by Crippen LogP contribution is -2.49. The molecule has 6 nitrogen and oxygen atoms in total. The summed E-state index contributed by atoms with van der Waals surface area (Å²) in [6.07, 6.45) is 5.53. The molecule has 2 fully saturated rings. The quantitative estimate of drug-likeness (QED) is 0.288. The molecule has 1 saturated carbocycles. The van der Waals surface area contributed by atoms with Crippen molar-refractivity contribution in [3.05, 3.63) is 30.3 Å². The van der Waals surface area contributed by atoms with Gasteiger partial charge >= 0.3 is 0 Å². The highest BCUT2D eigenvalue weighted by molar-refractivity contribution is 14.0. The van der Waals surface area contributed by atoms with Gasteiger partial charge in [-0.3, -0.25) is 9.79 Å². The van der Waals surface area contributed by atoms with Gasteiger partial charge in [0.1, 0.15) is 0 Å². The highest BCUT2D eigenvalue weighted by Crippen LogP contribution is 2.27. The van der Waals surface area contributed by atoms with E-state index in [1.165, 1.54) is 12.8 Å². The van der Waals surface area contributed by atoms with E-state index in [0.717, 1.165) is 50.5 Å². The maximum Gasteiger partial charge on any atom is 0.225 e. The Morgan fingerprint density at radius 3 is 2.50 bits per heavy atom. The number of carbonyl (C=O) groups is 1. The number of aliphatic imine (C=N–C) groups is 1. The Morgan fingerprint density at radius 1 is 1.17 bits per heavy atom. The van der Waals surface area contributed by atoms with Gasteiger partial charge in [-0.15, -0.1) is 24.0 Å². The van der Waals surface area contributed by atoms with Crippen LogP contribution in [0.3, 0.4) is 0 Å². The second kappa shape index (κ2) is 12.4. The second-order valence-corrected chi connectivity index (χ2v) is 8.71. The SMILES string of the molecule is CN=C(NCC(Nc1ccccc1)C(C)C)NC1CCN(C(=O)C2CCCC2)C1.I. The average Bonchev–Trinajstić information content (AvgIpc) is 3.42. The normalized spacial score (nSPS) is 20.7. The Kier molecular flexibility index (Phi) is 10.2. The van der Waals surface area contributed by atoms with Crippen LogP contribution in [0.15, 0.2) is 35.3 Å². The minimum atomic E-state index is 0. The van der Waals surface area contributed by atoms with Crippen molar-refractivity contribution in [3.63, 3.8) is 0 Å². The van der Waals surface area contributed by atoms with Crippen molar-refractivity contribution in [3.8, 4) is 0 Å². The summed E-state index contributed by atoms with van der Waals surface area (Å²) >= 11 is 0. The first kappa shape index (κ1) is 24.8. The minimum absolute atomic E-state index is 0. The topological polar surface area (TPSA) is 68.8 Å². The molecule has 1 aliphatic heterocycles. The predicted molar refractivity (Wildman–Crippen MR) is 136 cm³/mol. The zero-order valence-electron chi connectivity index (χ0n) is 18.6. The van der Waals surface area contributed by atoms with Crippen molar-refractivity contribution in [1.29, 1.82) is 0 Å². The lowest BCUT2D eigenvalue weighted by Gasteiger charge is -2.26. The smallest absolute Gasteiger partial charge is 0.225 e. The van der Waals surface area contributed by atoms with E-state index < -0.39 is 0 Å². The first-order chi connectivity index (χ1) is 14.1. The van der Waals surface area contributed by atoms with Crippen molar-refractivity contribution < 1.29 is 4.79 Å². The molecular formula is C23H38IN5O. The Morgan fingerprint density at radius 2 is 1.87 bits per heavy atom. The molecular weight excluding hydrogens is 489 g/mol. The molecule has 3 rings (SSSR count). The van der Waals surface area contributed by atoms with Crippen molar-refractivity contribution in [1.82, 2.24) is 15.5 Å². The zero-order chi connectivity index (χ0) is 20.6. The van der Waals surface area contributed by atoms with E-state index in [9.17, 15) is 4.79 Å². The molecule has 1 amide bonds. The molecule has 2 unspecified atom stereocenters. The molecule has 2 atom stereocenters. The van der Waals surface area contributed by atoms with Gasteiger partial charge < -0.3 is 20.9 Å². The van der Waals surface area contributed by atoms with E-state index >= 15 is 0 Å². The third-order valence-electron chi connectivity index (χ3n) is 6.19. The zero-order valence-corrected chi connectivity index (χ0v) is 20.9. The third kappa shape index (κ3) is 7.03. The second-order valence-electron chi connectivity index (χ2n) is 8.71. The fourth-order valence-electron chi connectivity index (χ4n) is 4.31. The fourth-order valence-corrected chi connectivity index (χ4v) is 4.31. The molecule has 168 valence electrons. The highest BCUT2D eigenvalue weighted by atomic mass is 127. The van der Waals surface area contributed by atoms with Crippen molar-refractivity contribution in [2.45, 2.75) is 58.0 Å². The molecule has 1 saturated heterocycles. The van der Waals surface area contributed by atoms with E-state index in [-0.39, 0.29) is 35.9 Å². The van der Waals surface area contributed by atoms with E-state index in [0.29, 0.717) is 17.9 Å². The van der Waals surface area contributed by atoms with Crippen LogP contribution in [0.2, 0.25) is 0 Å². The maximum absolute atomic E-state index is 12.7. The molecule has 7 heteroatoms. The number of rotatable bonds is 7. The summed E-state index contributed by atoms with van der Waals surface area (Å²) in [5.41, 5.74) is 1.13. The standard InChI is InChI=1S/C23H37N5O.HI/c1-17(2)21(26-19-11-5-4-6-12-19)15-25-23(24-3)27-20-13-14-28(16-20)22(29)18-9-7-8-10-18;/h4-6,11-12,17-18,20-21,26H,7-10,13-16H2,1-3H3,(H2,24,25,27);1H. The van der Waals surface area contributed by atoms with Crippen LogP contribution in [0.25, 0.3) is 0 Å². The predicted octanol–water partition coefficient (Wildman–Crippen LogP) is 3.70. The minimum Gasteiger partial charge on any atom is -0.380 e. The number of benzene rings is 1. The number of carbonyl (C=O) groups excluding carboxylic acids is 1. The van der Waals surface area contributed by atoms with Crippen molar-refractivity contribution in [2.24, 2.45) is 16.8 Å². The van der Waals surface area contributed by atoms with Crippen LogP contribution in [-0.4, -0.2) is 55.5 Å². The van der Waals surface area contributed by atoms with Gasteiger partial charge in [0.2, 0.25) is 5.91 Å². The molecule has 1 aliphatic carbocycles. The Balaban J connectivity index is 0.00000320. The lowest BCUT2D eigenvalue weighted by atomic mass is 10.0. The molecule has 0 bridgehead atoms. The number of halogens is 1. The number of anilines is 1. The van der Waals surface area contributed by atoms with Crippen molar-refractivity contribution in [2.75, 3.05) is 32.0 Å². The largest absolute Gasteiger partial charge is 0.380 e. The van der Waals surface area contributed by atoms with E-state index in [1.54, 1.807) is 7.05 Å². The van der Waals surface area contributed by atoms with Crippen molar-refractivity contribution >= 4 is 41.5 Å². The van der Waals surface area contributed by atoms with Gasteiger partial charge in [-0.25, -0.2) is 0 Å². The van der Waals surface area contributed by atoms with Gasteiger partial charge in [0.25, 0.3) is 0 Å². The Hall–Kier alpha value is -1.51. The first-order valence-corrected chi connectivity index (χ1v) is 11.1. The number of nitrogens with zero attached hydrogens (tertiary/aromatic N) is 2. The molecule has 30 heavy (non-hydrogen) atoms. The number of likely N-dealkylation sites (tertiary alicyclic amines) is 1. The van der Waals surface area contributed by atoms with Crippen LogP contribution < -0.4 is 16.0 Å². The molecule has 0 spiro atoms. The fraction of sp³-hybridized carbons (Fsp3) is 0.652. The molecule has 1 aromatic rings. The van der Waals surface area contributed by atoms with Gasteiger partial charge in [0, 0.05) is 50.4 Å². The van der Waals surface area contributed by atoms with E-state index in [1.807, 2.05) is 18.2 Å². The van der Waals surface area contributed by atoms with Gasteiger partial charge in [0.05, 0.1) is 0 Å². The third-order valence-corrected chi connectivity index (χ3v) is 6.19. The molecule has 1 aromatic carbocycles. The van der Waals surface area contributed by atoms with Crippen LogP contribution in [0.5, 0.6) is 0 Å². The highest BCUT2D eigenvalue weighted by Gasteiger charge is 2.32.